The van der Waals surface area contributed by atoms with Crippen LogP contribution in [0.2, 0.25) is 0 Å². The molecule has 0 heterocycles. The van der Waals surface area contributed by atoms with Crippen LogP contribution >= 0.6 is 0 Å². The molecular weight excluding hydrogens is 392 g/mol. The minimum Gasteiger partial charge on any atom is -0.481 e. The molecule has 2 heteroatoms. The summed E-state index contributed by atoms with van der Waals surface area (Å²) in [5, 5.41) is 8.51. The molecule has 0 amide bonds. The van der Waals surface area contributed by atoms with Gasteiger partial charge in [-0.1, -0.05) is 148 Å². The van der Waals surface area contributed by atoms with Crippen molar-refractivity contribution in [1.29, 1.82) is 0 Å². The lowest BCUT2D eigenvalue weighted by molar-refractivity contribution is -0.137. The third-order valence-electron chi connectivity index (χ3n) is 6.11. The van der Waals surface area contributed by atoms with Crippen LogP contribution in [0.4, 0.5) is 0 Å². The van der Waals surface area contributed by atoms with Gasteiger partial charge in [0.1, 0.15) is 0 Å². The Morgan fingerprint density at radius 3 is 1.06 bits per heavy atom. The molecule has 1 N–H and O–H groups in total. The molecule has 0 atom stereocenters. The number of unbranched alkanes of at least 4 members (excludes halogenated alkanes) is 20. The summed E-state index contributed by atoms with van der Waals surface area (Å²) < 4.78 is 0. The van der Waals surface area contributed by atoms with E-state index >= 15 is 0 Å². The van der Waals surface area contributed by atoms with Gasteiger partial charge in [0.25, 0.3) is 0 Å². The summed E-state index contributed by atoms with van der Waals surface area (Å²) in [6.45, 7) is 6.82. The minimum atomic E-state index is -0.664. The van der Waals surface area contributed by atoms with Gasteiger partial charge < -0.3 is 5.11 Å². The first-order valence-electron chi connectivity index (χ1n) is 14.6. The Hall–Kier alpha value is -0.790. The number of allylic oxidation sites excluding steroid dienone is 2. The molecule has 0 saturated heterocycles. The molecule has 0 rings (SSSR count). The maximum atomic E-state index is 10.3. The average Bonchev–Trinajstić information content (AvgIpc) is 2.78. The molecule has 192 valence electrons. The first-order valence-corrected chi connectivity index (χ1v) is 14.6. The molecule has 32 heavy (non-hydrogen) atoms. The van der Waals surface area contributed by atoms with Gasteiger partial charge in [-0.15, -0.1) is 0 Å². The predicted molar refractivity (Wildman–Crippen MR) is 145 cm³/mol. The molecule has 0 saturated carbocycles. The first kappa shape index (κ1) is 33.4. The van der Waals surface area contributed by atoms with Crippen molar-refractivity contribution in [2.24, 2.45) is 0 Å². The van der Waals surface area contributed by atoms with Crippen molar-refractivity contribution in [3.05, 3.63) is 12.2 Å². The quantitative estimate of drug-likeness (QED) is 0.117. The second-order valence-corrected chi connectivity index (χ2v) is 9.56. The monoisotopic (exact) mass is 452 g/mol. The van der Waals surface area contributed by atoms with Crippen molar-refractivity contribution < 1.29 is 9.90 Å². The van der Waals surface area contributed by atoms with Gasteiger partial charge in [-0.25, -0.2) is 0 Å². The number of carboxylic acids is 1. The molecular formula is C30H60O2. The molecule has 0 unspecified atom stereocenters. The van der Waals surface area contributed by atoms with Crippen LogP contribution in [0.1, 0.15) is 175 Å². The fourth-order valence-electron chi connectivity index (χ4n) is 3.91. The minimum absolute atomic E-state index is 0.332. The summed E-state index contributed by atoms with van der Waals surface area (Å²) >= 11 is 0. The van der Waals surface area contributed by atoms with Gasteiger partial charge in [-0.05, 0) is 32.1 Å². The second kappa shape index (κ2) is 32.4. The molecule has 0 aromatic carbocycles. The lowest BCUT2D eigenvalue weighted by Crippen LogP contribution is -1.93. The summed E-state index contributed by atoms with van der Waals surface area (Å²) in [5.41, 5.74) is 0. The molecule has 0 spiro atoms. The van der Waals surface area contributed by atoms with Gasteiger partial charge in [-0.2, -0.15) is 0 Å². The Morgan fingerprint density at radius 1 is 0.469 bits per heavy atom. The summed E-state index contributed by atoms with van der Waals surface area (Å²) in [4.78, 5) is 10.3. The SMILES string of the molecule is CCCCCCCCC=CCCCCCCCC(=O)O.CCCCCCCCCCCC. The fraction of sp³-hybridized carbons (Fsp3) is 0.900. The van der Waals surface area contributed by atoms with E-state index < -0.39 is 5.97 Å². The highest BCUT2D eigenvalue weighted by Gasteiger charge is 1.96. The van der Waals surface area contributed by atoms with E-state index in [1.165, 1.54) is 135 Å². The predicted octanol–water partition coefficient (Wildman–Crippen LogP) is 11.0. The van der Waals surface area contributed by atoms with Crippen LogP contribution in [-0.4, -0.2) is 11.1 Å². The topological polar surface area (TPSA) is 37.3 Å². The van der Waals surface area contributed by atoms with Crippen molar-refractivity contribution in [1.82, 2.24) is 0 Å². The van der Waals surface area contributed by atoms with E-state index in [1.807, 2.05) is 0 Å². The molecule has 0 aliphatic rings. The molecule has 0 aromatic rings. The fourth-order valence-corrected chi connectivity index (χ4v) is 3.91. The Labute approximate surface area is 203 Å². The molecule has 0 fully saturated rings. The molecule has 0 radical (unpaired) electrons. The van der Waals surface area contributed by atoms with E-state index in [0.29, 0.717) is 6.42 Å². The maximum absolute atomic E-state index is 10.3. The molecule has 0 aromatic heterocycles. The molecule has 0 bridgehead atoms. The second-order valence-electron chi connectivity index (χ2n) is 9.56. The van der Waals surface area contributed by atoms with Gasteiger partial charge >= 0.3 is 5.97 Å². The number of hydrogen-bond acceptors (Lipinski definition) is 1. The molecule has 0 aliphatic heterocycles. The number of carboxylic acid groups (broad SMARTS) is 1. The number of rotatable bonds is 24. The van der Waals surface area contributed by atoms with E-state index in [0.717, 1.165) is 12.8 Å². The summed E-state index contributed by atoms with van der Waals surface area (Å²) in [5.74, 6) is -0.664. The zero-order chi connectivity index (χ0) is 24.0. The van der Waals surface area contributed by atoms with Gasteiger partial charge in [0.2, 0.25) is 0 Å². The normalized spacial score (nSPS) is 11.0. The lowest BCUT2D eigenvalue weighted by atomic mass is 10.1. The highest BCUT2D eigenvalue weighted by molar-refractivity contribution is 5.66. The van der Waals surface area contributed by atoms with Gasteiger partial charge in [0.05, 0.1) is 0 Å². The van der Waals surface area contributed by atoms with Gasteiger partial charge in [0.15, 0.2) is 0 Å². The number of carbonyl (C=O) groups is 1. The standard InChI is InChI=1S/C18H34O2.C12H26/c1-2-3-4-5-6-7-8-9-10-11-12-13-14-15-16-17-18(19)20;1-3-5-7-9-11-12-10-8-6-4-2/h9-10H,2-8,11-17H2,1H3,(H,19,20);3-12H2,1-2H3. The van der Waals surface area contributed by atoms with Crippen LogP contribution in [0.3, 0.4) is 0 Å². The largest absolute Gasteiger partial charge is 0.481 e. The van der Waals surface area contributed by atoms with Crippen LogP contribution in [0.15, 0.2) is 12.2 Å². The van der Waals surface area contributed by atoms with Crippen LogP contribution in [0, 0.1) is 0 Å². The molecule has 0 aliphatic carbocycles. The third kappa shape index (κ3) is 36.6. The molecule has 2 nitrogen and oxygen atoms in total. The Balaban J connectivity index is 0. The zero-order valence-electron chi connectivity index (χ0n) is 22.5. The van der Waals surface area contributed by atoms with Crippen LogP contribution in [0.25, 0.3) is 0 Å². The summed E-state index contributed by atoms with van der Waals surface area (Å²) in [6, 6.07) is 0. The van der Waals surface area contributed by atoms with Gasteiger partial charge in [-0.3, -0.25) is 4.79 Å². The van der Waals surface area contributed by atoms with Crippen LogP contribution < -0.4 is 0 Å². The summed E-state index contributed by atoms with van der Waals surface area (Å²) in [6.07, 6.45) is 35.7. The van der Waals surface area contributed by atoms with Crippen LogP contribution in [-0.2, 0) is 4.79 Å². The maximum Gasteiger partial charge on any atom is 0.303 e. The summed E-state index contributed by atoms with van der Waals surface area (Å²) in [7, 11) is 0. The Bertz CT molecular complexity index is 352. The van der Waals surface area contributed by atoms with Gasteiger partial charge in [0, 0.05) is 6.42 Å². The van der Waals surface area contributed by atoms with Crippen LogP contribution in [0.5, 0.6) is 0 Å². The number of hydrogen-bond donors (Lipinski definition) is 1. The van der Waals surface area contributed by atoms with Crippen molar-refractivity contribution in [2.45, 2.75) is 175 Å². The third-order valence-corrected chi connectivity index (χ3v) is 6.11. The van der Waals surface area contributed by atoms with E-state index in [4.69, 9.17) is 5.11 Å². The van der Waals surface area contributed by atoms with Crippen molar-refractivity contribution in [3.63, 3.8) is 0 Å². The Morgan fingerprint density at radius 2 is 0.750 bits per heavy atom. The van der Waals surface area contributed by atoms with Crippen molar-refractivity contribution >= 4 is 5.97 Å². The van der Waals surface area contributed by atoms with E-state index in [9.17, 15) is 4.79 Å². The first-order chi connectivity index (χ1) is 15.7. The van der Waals surface area contributed by atoms with E-state index in [1.54, 1.807) is 0 Å². The number of aliphatic carboxylic acids is 1. The average molecular weight is 453 g/mol. The lowest BCUT2D eigenvalue weighted by Gasteiger charge is -1.99. The van der Waals surface area contributed by atoms with E-state index in [2.05, 4.69) is 32.9 Å². The van der Waals surface area contributed by atoms with Crippen molar-refractivity contribution in [3.8, 4) is 0 Å². The van der Waals surface area contributed by atoms with E-state index in [-0.39, 0.29) is 0 Å². The Kier molecular flexibility index (Phi) is 33.8. The highest BCUT2D eigenvalue weighted by Crippen LogP contribution is 2.11. The van der Waals surface area contributed by atoms with Crippen molar-refractivity contribution in [2.75, 3.05) is 0 Å². The smallest absolute Gasteiger partial charge is 0.303 e. The highest BCUT2D eigenvalue weighted by atomic mass is 16.4. The zero-order valence-corrected chi connectivity index (χ0v) is 22.5.